The number of halogens is 4. The van der Waals surface area contributed by atoms with Gasteiger partial charge in [-0.25, -0.2) is 16.8 Å². The van der Waals surface area contributed by atoms with Crippen LogP contribution in [0.1, 0.15) is 0 Å². The highest BCUT2D eigenvalue weighted by Gasteiger charge is 2.17. The van der Waals surface area contributed by atoms with Crippen LogP contribution in [-0.4, -0.2) is 16.8 Å². The lowest BCUT2D eigenvalue weighted by Gasteiger charge is -2.03. The number of rotatable bonds is 4. The van der Waals surface area contributed by atoms with Crippen LogP contribution in [-0.2, 0) is 18.1 Å². The van der Waals surface area contributed by atoms with Crippen molar-refractivity contribution in [2.45, 2.75) is 9.79 Å². The second-order valence-corrected chi connectivity index (χ2v) is 10.2. The summed E-state index contributed by atoms with van der Waals surface area (Å²) in [5.74, 6) is 0. The summed E-state index contributed by atoms with van der Waals surface area (Å²) in [6.07, 6.45) is 0. The maximum Gasteiger partial charge on any atom is 0.263 e. The highest BCUT2D eigenvalue weighted by molar-refractivity contribution is 8.14. The molecule has 0 saturated heterocycles. The molecule has 0 fully saturated rings. The minimum absolute atomic E-state index is 0.0809. The molecule has 6 nitrogen and oxygen atoms in total. The quantitative estimate of drug-likeness (QED) is 0.471. The van der Waals surface area contributed by atoms with Crippen molar-refractivity contribution in [1.29, 1.82) is 0 Å². The van der Waals surface area contributed by atoms with Crippen molar-refractivity contribution in [1.82, 2.24) is 0 Å². The van der Waals surface area contributed by atoms with Gasteiger partial charge in [0.05, 0.1) is 10.7 Å². The summed E-state index contributed by atoms with van der Waals surface area (Å²) < 4.78 is 45.5. The normalized spacial score (nSPS) is 12.7. The summed E-state index contributed by atoms with van der Waals surface area (Å²) in [5.41, 5.74) is 0.0876. The van der Waals surface area contributed by atoms with Gasteiger partial charge >= 0.3 is 0 Å². The molecular formula is C12H6Cl4N2O4S2. The molecule has 0 aromatic heterocycles. The molecule has 24 heavy (non-hydrogen) atoms. The molecular weight excluding hydrogens is 442 g/mol. The molecule has 0 N–H and O–H groups in total. The Labute approximate surface area is 156 Å². The van der Waals surface area contributed by atoms with Crippen LogP contribution in [0, 0.1) is 0 Å². The number of hydrogen-bond donors (Lipinski definition) is 0. The van der Waals surface area contributed by atoms with E-state index < -0.39 is 18.1 Å². The summed E-state index contributed by atoms with van der Waals surface area (Å²) in [5, 5.41) is 7.65. The summed E-state index contributed by atoms with van der Waals surface area (Å²) in [4.78, 5) is -0.556. The molecule has 0 bridgehead atoms. The van der Waals surface area contributed by atoms with Crippen molar-refractivity contribution in [2.24, 2.45) is 10.2 Å². The Morgan fingerprint density at radius 2 is 1.33 bits per heavy atom. The third-order valence-electron chi connectivity index (χ3n) is 2.64. The maximum absolute atomic E-state index is 11.5. The average molecular weight is 448 g/mol. The lowest BCUT2D eigenvalue weighted by Crippen LogP contribution is -1.91. The molecule has 2 aromatic carbocycles. The van der Waals surface area contributed by atoms with Gasteiger partial charge < -0.3 is 0 Å². The molecule has 128 valence electrons. The molecule has 0 aliphatic heterocycles. The van der Waals surface area contributed by atoms with Crippen LogP contribution in [0.5, 0.6) is 0 Å². The van der Waals surface area contributed by atoms with Crippen LogP contribution in [0.25, 0.3) is 0 Å². The van der Waals surface area contributed by atoms with Gasteiger partial charge in [-0.1, -0.05) is 23.2 Å². The molecule has 0 amide bonds. The van der Waals surface area contributed by atoms with Gasteiger partial charge in [0.15, 0.2) is 0 Å². The Morgan fingerprint density at radius 1 is 0.750 bits per heavy atom. The van der Waals surface area contributed by atoms with E-state index in [1.165, 1.54) is 30.3 Å². The largest absolute Gasteiger partial charge is 0.263 e. The molecule has 0 aliphatic rings. The number of benzene rings is 2. The topological polar surface area (TPSA) is 93.0 Å². The van der Waals surface area contributed by atoms with Crippen molar-refractivity contribution in [3.05, 3.63) is 46.4 Å². The average Bonchev–Trinajstić information content (AvgIpc) is 2.42. The van der Waals surface area contributed by atoms with E-state index >= 15 is 0 Å². The molecule has 2 aromatic rings. The smallest absolute Gasteiger partial charge is 0.207 e. The Morgan fingerprint density at radius 3 is 1.88 bits per heavy atom. The Balaban J connectivity index is 2.46. The fourth-order valence-electron chi connectivity index (χ4n) is 1.64. The first kappa shape index (κ1) is 19.4. The van der Waals surface area contributed by atoms with Crippen LogP contribution in [0.4, 0.5) is 11.4 Å². The summed E-state index contributed by atoms with van der Waals surface area (Å²) >= 11 is 11.6. The third kappa shape index (κ3) is 4.81. The fourth-order valence-corrected chi connectivity index (χ4v) is 4.30. The Hall–Kier alpha value is -0.900. The van der Waals surface area contributed by atoms with E-state index in [1.54, 1.807) is 0 Å². The van der Waals surface area contributed by atoms with Crippen LogP contribution in [0.15, 0.2) is 56.4 Å². The van der Waals surface area contributed by atoms with Gasteiger partial charge in [0.25, 0.3) is 18.1 Å². The van der Waals surface area contributed by atoms with Crippen LogP contribution < -0.4 is 0 Å². The predicted molar refractivity (Wildman–Crippen MR) is 93.2 cm³/mol. The number of azo groups is 1. The first-order valence-corrected chi connectivity index (χ1v) is 11.3. The second-order valence-electron chi connectivity index (χ2n) is 4.30. The van der Waals surface area contributed by atoms with Gasteiger partial charge in [0, 0.05) is 26.4 Å². The zero-order valence-corrected chi connectivity index (χ0v) is 16.0. The van der Waals surface area contributed by atoms with Gasteiger partial charge in [-0.3, -0.25) is 0 Å². The molecule has 0 saturated carbocycles. The van der Waals surface area contributed by atoms with Gasteiger partial charge in [0.1, 0.15) is 15.5 Å². The van der Waals surface area contributed by atoms with E-state index in [9.17, 15) is 16.8 Å². The van der Waals surface area contributed by atoms with E-state index in [0.717, 1.165) is 6.07 Å². The first-order chi connectivity index (χ1) is 11.0. The Kier molecular flexibility index (Phi) is 5.79. The van der Waals surface area contributed by atoms with E-state index in [2.05, 4.69) is 10.2 Å². The zero-order valence-electron chi connectivity index (χ0n) is 11.3. The highest BCUT2D eigenvalue weighted by Crippen LogP contribution is 2.33. The Bertz CT molecular complexity index is 1040. The van der Waals surface area contributed by atoms with Crippen molar-refractivity contribution in [3.8, 4) is 0 Å². The monoisotopic (exact) mass is 446 g/mol. The van der Waals surface area contributed by atoms with Crippen LogP contribution in [0.2, 0.25) is 10.0 Å². The second kappa shape index (κ2) is 7.15. The first-order valence-electron chi connectivity index (χ1n) is 5.88. The standard InChI is InChI=1S/C12H6Cl4N2O4S2/c13-7-1-3-12(24(16,21)22)10(5-7)18-17-8-2-4-11(9(14)6-8)23(15,19)20/h1-6H. The number of nitrogens with zero attached hydrogens (tertiary/aromatic N) is 2. The zero-order chi connectivity index (χ0) is 18.1. The van der Waals surface area contributed by atoms with Crippen LogP contribution >= 0.6 is 44.6 Å². The molecule has 0 atom stereocenters. The van der Waals surface area contributed by atoms with Crippen molar-refractivity contribution < 1.29 is 16.8 Å². The minimum atomic E-state index is -4.05. The molecule has 0 radical (unpaired) electrons. The maximum atomic E-state index is 11.5. The molecule has 0 aliphatic carbocycles. The summed E-state index contributed by atoms with van der Waals surface area (Å²) in [6, 6.07) is 7.45. The van der Waals surface area contributed by atoms with Gasteiger partial charge in [0.2, 0.25) is 0 Å². The third-order valence-corrected chi connectivity index (χ3v) is 6.04. The highest BCUT2D eigenvalue weighted by atomic mass is 35.7. The van der Waals surface area contributed by atoms with E-state index in [1.807, 2.05) is 0 Å². The lowest BCUT2D eigenvalue weighted by molar-refractivity contribution is 0.608. The van der Waals surface area contributed by atoms with Crippen LogP contribution in [0.3, 0.4) is 0 Å². The lowest BCUT2D eigenvalue weighted by atomic mass is 10.3. The fraction of sp³-hybridized carbons (Fsp3) is 0. The van der Waals surface area contributed by atoms with Gasteiger partial charge in [-0.05, 0) is 36.4 Å². The van der Waals surface area contributed by atoms with E-state index in [-0.39, 0.29) is 31.2 Å². The summed E-state index contributed by atoms with van der Waals surface area (Å²) in [7, 11) is 2.49. The van der Waals surface area contributed by atoms with Gasteiger partial charge in [-0.2, -0.15) is 5.11 Å². The van der Waals surface area contributed by atoms with E-state index in [4.69, 9.17) is 44.6 Å². The van der Waals surface area contributed by atoms with Crippen molar-refractivity contribution >= 4 is 74.0 Å². The molecule has 0 heterocycles. The molecule has 2 rings (SSSR count). The molecule has 0 spiro atoms. The van der Waals surface area contributed by atoms with Crippen molar-refractivity contribution in [2.75, 3.05) is 0 Å². The van der Waals surface area contributed by atoms with E-state index in [0.29, 0.717) is 0 Å². The summed E-state index contributed by atoms with van der Waals surface area (Å²) in [6.45, 7) is 0. The predicted octanol–water partition coefficient (Wildman–Crippen LogP) is 5.26. The molecule has 12 heteroatoms. The van der Waals surface area contributed by atoms with Crippen molar-refractivity contribution in [3.63, 3.8) is 0 Å². The minimum Gasteiger partial charge on any atom is -0.207 e. The molecule has 0 unspecified atom stereocenters. The SMILES string of the molecule is O=S(=O)(Cl)c1ccc(N=Nc2cc(Cl)ccc2S(=O)(=O)Cl)cc1Cl. The number of hydrogen-bond acceptors (Lipinski definition) is 6. The van der Waals surface area contributed by atoms with Gasteiger partial charge in [-0.15, -0.1) is 5.11 Å².